The number of fused-ring (bicyclic) bond motifs is 1. The Labute approximate surface area is 114 Å². The monoisotopic (exact) mass is 259 g/mol. The summed E-state index contributed by atoms with van der Waals surface area (Å²) >= 11 is 0. The Bertz CT molecular complexity index is 479. The fourth-order valence-electron chi connectivity index (χ4n) is 2.75. The van der Waals surface area contributed by atoms with Crippen LogP contribution in [0.15, 0.2) is 36.0 Å². The van der Waals surface area contributed by atoms with E-state index in [1.165, 1.54) is 23.6 Å². The quantitative estimate of drug-likeness (QED) is 0.668. The highest BCUT2D eigenvalue weighted by molar-refractivity contribution is 5.82. The first-order valence-corrected chi connectivity index (χ1v) is 6.91. The van der Waals surface area contributed by atoms with Gasteiger partial charge in [-0.05, 0) is 49.7 Å². The zero-order valence-corrected chi connectivity index (χ0v) is 11.4. The predicted molar refractivity (Wildman–Crippen MR) is 75.6 cm³/mol. The number of carbonyl (C=O) groups excluding carboxylic acids is 1. The van der Waals surface area contributed by atoms with E-state index in [0.29, 0.717) is 18.2 Å². The van der Waals surface area contributed by atoms with Crippen molar-refractivity contribution >= 4 is 5.97 Å². The Morgan fingerprint density at radius 2 is 2.26 bits per heavy atom. The van der Waals surface area contributed by atoms with Gasteiger partial charge >= 0.3 is 5.97 Å². The fraction of sp³-hybridized carbons (Fsp3) is 0.438. The Balaban J connectivity index is 2.06. The largest absolute Gasteiger partial charge is 0.463 e. The Morgan fingerprint density at radius 3 is 3.05 bits per heavy atom. The van der Waals surface area contributed by atoms with Crippen molar-refractivity contribution in [2.75, 3.05) is 6.61 Å². The molecule has 1 unspecified atom stereocenters. The van der Waals surface area contributed by atoms with Gasteiger partial charge in [0.1, 0.15) is 0 Å². The van der Waals surface area contributed by atoms with E-state index in [4.69, 9.17) is 10.5 Å². The van der Waals surface area contributed by atoms with Gasteiger partial charge in [-0.2, -0.15) is 0 Å². The number of carbonyl (C=O) groups is 1. The number of nitrogens with two attached hydrogens (primary N) is 1. The number of ether oxygens (including phenoxy) is 1. The highest BCUT2D eigenvalue weighted by Gasteiger charge is 2.20. The summed E-state index contributed by atoms with van der Waals surface area (Å²) in [6, 6.07) is 8.52. The van der Waals surface area contributed by atoms with E-state index in [2.05, 4.69) is 24.3 Å². The van der Waals surface area contributed by atoms with E-state index in [9.17, 15) is 4.79 Å². The van der Waals surface area contributed by atoms with E-state index in [0.717, 1.165) is 19.3 Å². The van der Waals surface area contributed by atoms with Crippen molar-refractivity contribution in [1.82, 2.24) is 0 Å². The molecule has 0 bridgehead atoms. The molecule has 1 atom stereocenters. The highest BCUT2D eigenvalue weighted by Crippen LogP contribution is 2.34. The highest BCUT2D eigenvalue weighted by atomic mass is 16.5. The number of allylic oxidation sites excluding steroid dienone is 1. The van der Waals surface area contributed by atoms with Crippen molar-refractivity contribution < 1.29 is 9.53 Å². The van der Waals surface area contributed by atoms with Crippen LogP contribution in [0.2, 0.25) is 0 Å². The van der Waals surface area contributed by atoms with E-state index >= 15 is 0 Å². The average Bonchev–Trinajstić information content (AvgIpc) is 2.39. The maximum Gasteiger partial charge on any atom is 0.332 e. The van der Waals surface area contributed by atoms with Crippen molar-refractivity contribution in [3.8, 4) is 0 Å². The van der Waals surface area contributed by atoms with Crippen LogP contribution >= 0.6 is 0 Å². The van der Waals surface area contributed by atoms with Crippen LogP contribution in [0, 0.1) is 0 Å². The normalized spacial score (nSPS) is 18.8. The van der Waals surface area contributed by atoms with Crippen LogP contribution in [0.3, 0.4) is 0 Å². The number of aryl methyl sites for hydroxylation is 1. The molecule has 3 heteroatoms. The third kappa shape index (κ3) is 3.60. The number of hydrogen-bond acceptors (Lipinski definition) is 3. The minimum absolute atomic E-state index is 0.343. The topological polar surface area (TPSA) is 52.3 Å². The van der Waals surface area contributed by atoms with Crippen LogP contribution in [-0.4, -0.2) is 12.6 Å². The second kappa shape index (κ2) is 6.41. The van der Waals surface area contributed by atoms with Crippen LogP contribution in [0.5, 0.6) is 0 Å². The molecule has 1 aliphatic rings. The summed E-state index contributed by atoms with van der Waals surface area (Å²) in [5, 5.41) is 0. The van der Waals surface area contributed by atoms with Crippen molar-refractivity contribution in [2.45, 2.75) is 38.5 Å². The smallest absolute Gasteiger partial charge is 0.332 e. The fourth-order valence-corrected chi connectivity index (χ4v) is 2.75. The lowest BCUT2D eigenvalue weighted by Crippen LogP contribution is -2.14. The molecular formula is C16H21NO2. The lowest BCUT2D eigenvalue weighted by atomic mass is 9.80. The molecule has 0 spiro atoms. The molecule has 0 heterocycles. The van der Waals surface area contributed by atoms with Crippen LogP contribution in [-0.2, 0) is 16.0 Å². The molecule has 0 aromatic heterocycles. The van der Waals surface area contributed by atoms with Gasteiger partial charge in [0.2, 0.25) is 0 Å². The van der Waals surface area contributed by atoms with Gasteiger partial charge in [-0.1, -0.05) is 24.3 Å². The number of hydrogen-bond donors (Lipinski definition) is 1. The van der Waals surface area contributed by atoms with E-state index in [-0.39, 0.29) is 5.97 Å². The van der Waals surface area contributed by atoms with Gasteiger partial charge in [-0.3, -0.25) is 0 Å². The zero-order chi connectivity index (χ0) is 13.7. The van der Waals surface area contributed by atoms with Crippen LogP contribution in [0.25, 0.3) is 0 Å². The summed E-state index contributed by atoms with van der Waals surface area (Å²) in [5.41, 5.74) is 9.37. The molecule has 0 fully saturated rings. The first-order chi connectivity index (χ1) is 9.20. The third-order valence-electron chi connectivity index (χ3n) is 3.57. The minimum Gasteiger partial charge on any atom is -0.463 e. The first kappa shape index (κ1) is 13.7. The molecule has 0 amide bonds. The van der Waals surface area contributed by atoms with Crippen LogP contribution in [0.4, 0.5) is 0 Å². The lowest BCUT2D eigenvalue weighted by Gasteiger charge is -2.25. The molecule has 0 saturated carbocycles. The second-order valence-electron chi connectivity index (χ2n) is 4.96. The number of rotatable bonds is 4. The van der Waals surface area contributed by atoms with Crippen LogP contribution < -0.4 is 5.73 Å². The van der Waals surface area contributed by atoms with Crippen molar-refractivity contribution in [3.63, 3.8) is 0 Å². The van der Waals surface area contributed by atoms with Gasteiger partial charge in [-0.25, -0.2) is 4.79 Å². The molecular weight excluding hydrogens is 238 g/mol. The average molecular weight is 259 g/mol. The Kier molecular flexibility index (Phi) is 4.61. The van der Waals surface area contributed by atoms with Gasteiger partial charge in [0.15, 0.2) is 0 Å². The molecule has 19 heavy (non-hydrogen) atoms. The summed E-state index contributed by atoms with van der Waals surface area (Å²) in [5.74, 6) is 0.0831. The summed E-state index contributed by atoms with van der Waals surface area (Å²) in [6.45, 7) is 2.17. The molecule has 102 valence electrons. The summed E-state index contributed by atoms with van der Waals surface area (Å²) in [6.07, 6.45) is 5.62. The number of benzene rings is 1. The lowest BCUT2D eigenvalue weighted by molar-refractivity contribution is -0.137. The summed E-state index contributed by atoms with van der Waals surface area (Å²) in [4.78, 5) is 11.4. The van der Waals surface area contributed by atoms with E-state index < -0.39 is 0 Å². The van der Waals surface area contributed by atoms with Crippen molar-refractivity contribution in [2.24, 2.45) is 5.73 Å². The summed E-state index contributed by atoms with van der Waals surface area (Å²) < 4.78 is 4.88. The first-order valence-electron chi connectivity index (χ1n) is 6.91. The standard InChI is InChI=1S/C16H21NO2/c1-2-19-16(18)11-14(17)10-13-8-5-7-12-6-3-4-9-15(12)13/h3-4,6,9,11,13H,2,5,7-8,10,17H2,1H3. The number of esters is 1. The zero-order valence-electron chi connectivity index (χ0n) is 11.4. The van der Waals surface area contributed by atoms with Gasteiger partial charge in [0.25, 0.3) is 0 Å². The minimum atomic E-state index is -0.343. The predicted octanol–water partition coefficient (Wildman–Crippen LogP) is 2.90. The molecule has 0 aliphatic heterocycles. The summed E-state index contributed by atoms with van der Waals surface area (Å²) in [7, 11) is 0. The van der Waals surface area contributed by atoms with Crippen LogP contribution in [0.1, 0.15) is 43.2 Å². The third-order valence-corrected chi connectivity index (χ3v) is 3.57. The molecule has 3 nitrogen and oxygen atoms in total. The molecule has 2 N–H and O–H groups in total. The SMILES string of the molecule is CCOC(=O)C=C(N)CC1CCCc2ccccc21. The van der Waals surface area contributed by atoms with Crippen molar-refractivity contribution in [1.29, 1.82) is 0 Å². The maximum absolute atomic E-state index is 11.4. The molecule has 2 rings (SSSR count). The van der Waals surface area contributed by atoms with E-state index in [1.54, 1.807) is 6.92 Å². The molecule has 1 aromatic carbocycles. The Morgan fingerprint density at radius 1 is 1.47 bits per heavy atom. The van der Waals surface area contributed by atoms with Gasteiger partial charge in [0, 0.05) is 11.8 Å². The van der Waals surface area contributed by atoms with Gasteiger partial charge in [0.05, 0.1) is 6.61 Å². The molecule has 0 saturated heterocycles. The Hall–Kier alpha value is -1.77. The van der Waals surface area contributed by atoms with E-state index in [1.807, 2.05) is 0 Å². The van der Waals surface area contributed by atoms with Gasteiger partial charge in [-0.15, -0.1) is 0 Å². The molecule has 0 radical (unpaired) electrons. The molecule has 1 aliphatic carbocycles. The maximum atomic E-state index is 11.4. The second-order valence-corrected chi connectivity index (χ2v) is 4.96. The molecule has 1 aromatic rings. The van der Waals surface area contributed by atoms with Gasteiger partial charge < -0.3 is 10.5 Å². The van der Waals surface area contributed by atoms with Crippen molar-refractivity contribution in [3.05, 3.63) is 47.2 Å².